The molecule has 0 bridgehead atoms. The Bertz CT molecular complexity index is 403. The summed E-state index contributed by atoms with van der Waals surface area (Å²) in [5, 5.41) is 11.4. The predicted octanol–water partition coefficient (Wildman–Crippen LogP) is 0.823. The van der Waals surface area contributed by atoms with Gasteiger partial charge in [-0.15, -0.1) is 0 Å². The number of methoxy groups -OCH3 is 1. The quantitative estimate of drug-likeness (QED) is 0.701. The van der Waals surface area contributed by atoms with Crippen molar-refractivity contribution >= 4 is 11.9 Å². The molecule has 0 atom stereocenters. The first kappa shape index (κ1) is 14.1. The molecule has 6 heteroatoms. The molecule has 1 heterocycles. The van der Waals surface area contributed by atoms with Crippen LogP contribution in [0.25, 0.3) is 0 Å². The molecule has 0 aliphatic carbocycles. The molecular weight excluding hydrogens is 236 g/mol. The van der Waals surface area contributed by atoms with E-state index in [0.29, 0.717) is 26.0 Å². The van der Waals surface area contributed by atoms with E-state index < -0.39 is 5.97 Å². The number of nitrogens with zero attached hydrogens (tertiary/aromatic N) is 1. The van der Waals surface area contributed by atoms with E-state index in [1.54, 1.807) is 13.2 Å². The van der Waals surface area contributed by atoms with Crippen LogP contribution >= 0.6 is 0 Å². The van der Waals surface area contributed by atoms with Crippen LogP contribution in [-0.2, 0) is 16.1 Å². The highest BCUT2D eigenvalue weighted by atomic mass is 16.5. The van der Waals surface area contributed by atoms with Crippen molar-refractivity contribution < 1.29 is 19.4 Å². The molecular formula is C12H16N2O4. The van der Waals surface area contributed by atoms with Crippen LogP contribution in [0.1, 0.15) is 28.9 Å². The molecule has 0 unspecified atom stereocenters. The fourth-order valence-electron chi connectivity index (χ4n) is 1.32. The third-order valence-corrected chi connectivity index (χ3v) is 2.29. The Labute approximate surface area is 105 Å². The maximum Gasteiger partial charge on any atom is 0.354 e. The lowest BCUT2D eigenvalue weighted by Gasteiger charge is -2.05. The van der Waals surface area contributed by atoms with Crippen LogP contribution in [-0.4, -0.2) is 35.7 Å². The minimum atomic E-state index is -1.06. The first-order valence-corrected chi connectivity index (χ1v) is 5.57. The fraction of sp³-hybridized carbons (Fsp3) is 0.417. The molecule has 0 aliphatic heterocycles. The van der Waals surface area contributed by atoms with Crippen LogP contribution in [0.4, 0.5) is 0 Å². The molecule has 1 rings (SSSR count). The van der Waals surface area contributed by atoms with Gasteiger partial charge >= 0.3 is 5.97 Å². The topological polar surface area (TPSA) is 88.5 Å². The van der Waals surface area contributed by atoms with Crippen LogP contribution < -0.4 is 5.32 Å². The largest absolute Gasteiger partial charge is 0.477 e. The third kappa shape index (κ3) is 4.92. The van der Waals surface area contributed by atoms with Gasteiger partial charge in [0.25, 0.3) is 0 Å². The summed E-state index contributed by atoms with van der Waals surface area (Å²) in [6, 6.07) is 3.04. The highest BCUT2D eigenvalue weighted by Gasteiger charge is 2.04. The summed E-state index contributed by atoms with van der Waals surface area (Å²) in [6.45, 7) is 0.904. The van der Waals surface area contributed by atoms with Gasteiger partial charge in [0.1, 0.15) is 5.69 Å². The molecule has 0 saturated carbocycles. The minimum Gasteiger partial charge on any atom is -0.477 e. The molecule has 0 aromatic carbocycles. The maximum absolute atomic E-state index is 11.4. The number of rotatable bonds is 7. The van der Waals surface area contributed by atoms with Crippen molar-refractivity contribution in [2.75, 3.05) is 13.7 Å². The number of carbonyl (C=O) groups is 2. The smallest absolute Gasteiger partial charge is 0.354 e. The van der Waals surface area contributed by atoms with E-state index in [9.17, 15) is 9.59 Å². The van der Waals surface area contributed by atoms with Crippen LogP contribution in [0.5, 0.6) is 0 Å². The number of carboxylic acid groups (broad SMARTS) is 1. The number of carboxylic acids is 1. The Morgan fingerprint density at radius 2 is 2.22 bits per heavy atom. The van der Waals surface area contributed by atoms with Crippen LogP contribution in [0.15, 0.2) is 18.3 Å². The van der Waals surface area contributed by atoms with Crippen LogP contribution in [0.3, 0.4) is 0 Å². The molecule has 6 nitrogen and oxygen atoms in total. The van der Waals surface area contributed by atoms with Gasteiger partial charge in [0.2, 0.25) is 5.91 Å². The van der Waals surface area contributed by atoms with Gasteiger partial charge in [-0.25, -0.2) is 9.78 Å². The van der Waals surface area contributed by atoms with Crippen molar-refractivity contribution in [1.82, 2.24) is 10.3 Å². The Kier molecular flexibility index (Phi) is 5.79. The number of carbonyl (C=O) groups excluding carboxylic acids is 1. The van der Waals surface area contributed by atoms with Gasteiger partial charge in [-0.2, -0.15) is 0 Å². The van der Waals surface area contributed by atoms with Crippen molar-refractivity contribution in [3.05, 3.63) is 29.6 Å². The minimum absolute atomic E-state index is 0.00910. The van der Waals surface area contributed by atoms with Gasteiger partial charge in [0.15, 0.2) is 0 Å². The lowest BCUT2D eigenvalue weighted by Crippen LogP contribution is -2.22. The summed E-state index contributed by atoms with van der Waals surface area (Å²) in [7, 11) is 1.59. The molecule has 0 aliphatic rings. The molecule has 18 heavy (non-hydrogen) atoms. The molecule has 0 saturated heterocycles. The molecule has 0 fully saturated rings. The average Bonchev–Trinajstić information content (AvgIpc) is 2.37. The molecule has 98 valence electrons. The Morgan fingerprint density at radius 3 is 2.78 bits per heavy atom. The first-order chi connectivity index (χ1) is 8.63. The summed E-state index contributed by atoms with van der Waals surface area (Å²) in [5.41, 5.74) is 0.755. The van der Waals surface area contributed by atoms with E-state index in [4.69, 9.17) is 9.84 Å². The van der Waals surface area contributed by atoms with Crippen LogP contribution in [0, 0.1) is 0 Å². The van der Waals surface area contributed by atoms with E-state index in [-0.39, 0.29) is 11.6 Å². The van der Waals surface area contributed by atoms with Crippen molar-refractivity contribution in [2.45, 2.75) is 19.4 Å². The number of amides is 1. The molecule has 0 spiro atoms. The van der Waals surface area contributed by atoms with Gasteiger partial charge in [0.05, 0.1) is 0 Å². The Morgan fingerprint density at radius 1 is 1.44 bits per heavy atom. The molecule has 1 aromatic rings. The predicted molar refractivity (Wildman–Crippen MR) is 64.2 cm³/mol. The van der Waals surface area contributed by atoms with Crippen molar-refractivity contribution in [2.24, 2.45) is 0 Å². The lowest BCUT2D eigenvalue weighted by atomic mass is 10.2. The third-order valence-electron chi connectivity index (χ3n) is 2.29. The normalized spacial score (nSPS) is 10.1. The highest BCUT2D eigenvalue weighted by Crippen LogP contribution is 2.00. The number of ether oxygens (including phenoxy) is 1. The van der Waals surface area contributed by atoms with Crippen molar-refractivity contribution in [3.8, 4) is 0 Å². The van der Waals surface area contributed by atoms with E-state index in [0.717, 1.165) is 5.56 Å². The average molecular weight is 252 g/mol. The number of aromatic nitrogens is 1. The number of hydrogen-bond donors (Lipinski definition) is 2. The SMILES string of the molecule is COCCCC(=O)NCc1ccc(C(=O)O)nc1. The van der Waals surface area contributed by atoms with Gasteiger partial charge in [-0.3, -0.25) is 4.79 Å². The fourth-order valence-corrected chi connectivity index (χ4v) is 1.32. The second-order valence-electron chi connectivity index (χ2n) is 3.73. The monoisotopic (exact) mass is 252 g/mol. The first-order valence-electron chi connectivity index (χ1n) is 5.57. The maximum atomic E-state index is 11.4. The van der Waals surface area contributed by atoms with Crippen molar-refractivity contribution in [3.63, 3.8) is 0 Å². The Hall–Kier alpha value is -1.95. The summed E-state index contributed by atoms with van der Waals surface area (Å²) in [6.07, 6.45) is 2.53. The van der Waals surface area contributed by atoms with Crippen molar-refractivity contribution in [1.29, 1.82) is 0 Å². The number of hydrogen-bond acceptors (Lipinski definition) is 4. The molecule has 1 aromatic heterocycles. The summed E-state index contributed by atoms with van der Waals surface area (Å²) >= 11 is 0. The van der Waals surface area contributed by atoms with Gasteiger partial charge in [-0.05, 0) is 18.1 Å². The second-order valence-corrected chi connectivity index (χ2v) is 3.73. The zero-order chi connectivity index (χ0) is 13.4. The highest BCUT2D eigenvalue weighted by molar-refractivity contribution is 5.85. The standard InChI is InChI=1S/C12H16N2O4/c1-18-6-2-3-11(15)14-8-9-4-5-10(12(16)17)13-7-9/h4-5,7H,2-3,6,8H2,1H3,(H,14,15)(H,16,17). The number of aromatic carboxylic acids is 1. The molecule has 1 amide bonds. The van der Waals surface area contributed by atoms with E-state index >= 15 is 0 Å². The second kappa shape index (κ2) is 7.39. The summed E-state index contributed by atoms with van der Waals surface area (Å²) < 4.78 is 4.84. The van der Waals surface area contributed by atoms with Gasteiger partial charge in [0, 0.05) is 32.9 Å². The van der Waals surface area contributed by atoms with Gasteiger partial charge in [-0.1, -0.05) is 6.07 Å². The zero-order valence-corrected chi connectivity index (χ0v) is 10.2. The summed E-state index contributed by atoms with van der Waals surface area (Å²) in [4.78, 5) is 25.7. The number of pyridine rings is 1. The Balaban J connectivity index is 2.34. The van der Waals surface area contributed by atoms with Gasteiger partial charge < -0.3 is 15.2 Å². The van der Waals surface area contributed by atoms with E-state index in [2.05, 4.69) is 10.3 Å². The van der Waals surface area contributed by atoms with E-state index in [1.807, 2.05) is 0 Å². The number of nitrogens with one attached hydrogen (secondary N) is 1. The lowest BCUT2D eigenvalue weighted by molar-refractivity contribution is -0.121. The zero-order valence-electron chi connectivity index (χ0n) is 10.2. The summed E-state index contributed by atoms with van der Waals surface area (Å²) in [5.74, 6) is -1.13. The molecule has 2 N–H and O–H groups in total. The van der Waals surface area contributed by atoms with Crippen LogP contribution in [0.2, 0.25) is 0 Å². The van der Waals surface area contributed by atoms with E-state index in [1.165, 1.54) is 12.3 Å². The molecule has 0 radical (unpaired) electrons.